The van der Waals surface area contributed by atoms with Gasteiger partial charge < -0.3 is 9.47 Å². The summed E-state index contributed by atoms with van der Waals surface area (Å²) in [5, 5.41) is 10.2. The van der Waals surface area contributed by atoms with Crippen LogP contribution < -0.4 is 0 Å². The van der Waals surface area contributed by atoms with Gasteiger partial charge in [0.1, 0.15) is 11.9 Å². The lowest BCUT2D eigenvalue weighted by molar-refractivity contribution is -0.384. The van der Waals surface area contributed by atoms with Crippen LogP contribution in [0.15, 0.2) is 53.4 Å². The van der Waals surface area contributed by atoms with Crippen LogP contribution in [0.3, 0.4) is 0 Å². The molecule has 0 N–H and O–H groups in total. The Kier molecular flexibility index (Phi) is 6.74. The van der Waals surface area contributed by atoms with Gasteiger partial charge in [0, 0.05) is 17.0 Å². The molecule has 136 valence electrons. The van der Waals surface area contributed by atoms with Crippen molar-refractivity contribution >= 4 is 29.4 Å². The Hall–Kier alpha value is -2.87. The van der Waals surface area contributed by atoms with Crippen LogP contribution in [0.2, 0.25) is 0 Å². The Bertz CT molecular complexity index is 788. The van der Waals surface area contributed by atoms with E-state index in [0.717, 1.165) is 10.5 Å². The maximum absolute atomic E-state index is 12.1. The summed E-state index contributed by atoms with van der Waals surface area (Å²) >= 11 is 1.26. The predicted octanol–water partition coefficient (Wildman–Crippen LogP) is 3.61. The number of benzene rings is 2. The van der Waals surface area contributed by atoms with Crippen LogP contribution in [0.5, 0.6) is 0 Å². The number of nitrogens with zero attached hydrogens (tertiary/aromatic N) is 1. The highest BCUT2D eigenvalue weighted by atomic mass is 32.2. The van der Waals surface area contributed by atoms with Gasteiger partial charge >= 0.3 is 11.9 Å². The topological polar surface area (TPSA) is 95.7 Å². The van der Waals surface area contributed by atoms with Crippen molar-refractivity contribution < 1.29 is 24.0 Å². The zero-order valence-electron chi connectivity index (χ0n) is 14.2. The Morgan fingerprint density at radius 1 is 1.12 bits per heavy atom. The number of hydrogen-bond donors (Lipinski definition) is 0. The van der Waals surface area contributed by atoms with Crippen LogP contribution in [0.25, 0.3) is 0 Å². The summed E-state index contributed by atoms with van der Waals surface area (Å²) in [7, 11) is 1.31. The van der Waals surface area contributed by atoms with E-state index in [0.29, 0.717) is 5.56 Å². The summed E-state index contributed by atoms with van der Waals surface area (Å²) < 4.78 is 9.88. The molecule has 0 aromatic heterocycles. The van der Waals surface area contributed by atoms with E-state index in [9.17, 15) is 19.7 Å². The van der Waals surface area contributed by atoms with Crippen molar-refractivity contribution in [1.82, 2.24) is 0 Å². The average Bonchev–Trinajstić information content (AvgIpc) is 2.66. The molecule has 0 saturated heterocycles. The first-order chi connectivity index (χ1) is 12.4. The summed E-state index contributed by atoms with van der Waals surface area (Å²) in [5.74, 6) is -0.827. The minimum absolute atomic E-state index is 0.0000175. The number of ether oxygens (including phenoxy) is 2. The van der Waals surface area contributed by atoms with Crippen molar-refractivity contribution in [2.45, 2.75) is 23.7 Å². The van der Waals surface area contributed by atoms with Crippen LogP contribution in [0, 0.1) is 10.1 Å². The van der Waals surface area contributed by atoms with E-state index >= 15 is 0 Å². The van der Waals surface area contributed by atoms with Gasteiger partial charge in [-0.1, -0.05) is 12.1 Å². The van der Waals surface area contributed by atoms with Crippen molar-refractivity contribution in [1.29, 1.82) is 0 Å². The summed E-state index contributed by atoms with van der Waals surface area (Å²) in [6.45, 7) is 1.79. The first-order valence-electron chi connectivity index (χ1n) is 7.65. The van der Waals surface area contributed by atoms with Gasteiger partial charge in [-0.05, 0) is 36.8 Å². The van der Waals surface area contributed by atoms with Crippen molar-refractivity contribution in [2.24, 2.45) is 0 Å². The van der Waals surface area contributed by atoms with Gasteiger partial charge in [0.25, 0.3) is 5.69 Å². The van der Waals surface area contributed by atoms with Crippen molar-refractivity contribution in [2.75, 3.05) is 7.11 Å². The third kappa shape index (κ3) is 5.32. The maximum atomic E-state index is 12.1. The van der Waals surface area contributed by atoms with Gasteiger partial charge in [0.15, 0.2) is 0 Å². The molecule has 0 spiro atoms. The van der Waals surface area contributed by atoms with Crippen LogP contribution in [-0.2, 0) is 20.9 Å². The second kappa shape index (κ2) is 9.00. The lowest BCUT2D eigenvalue weighted by atomic mass is 10.1. The quantitative estimate of drug-likeness (QED) is 0.316. The maximum Gasteiger partial charge on any atom is 0.337 e. The summed E-state index contributed by atoms with van der Waals surface area (Å²) in [6.07, 6.45) is 0. The smallest absolute Gasteiger partial charge is 0.337 e. The molecule has 0 bridgehead atoms. The van der Waals surface area contributed by atoms with E-state index in [1.807, 2.05) is 0 Å². The zero-order valence-corrected chi connectivity index (χ0v) is 15.0. The molecule has 0 radical (unpaired) electrons. The second-order valence-electron chi connectivity index (χ2n) is 5.31. The van der Waals surface area contributed by atoms with Crippen LogP contribution >= 0.6 is 11.8 Å². The minimum Gasteiger partial charge on any atom is -0.465 e. The van der Waals surface area contributed by atoms with E-state index in [1.54, 1.807) is 43.3 Å². The van der Waals surface area contributed by atoms with Crippen LogP contribution in [-0.4, -0.2) is 29.2 Å². The van der Waals surface area contributed by atoms with Gasteiger partial charge in [-0.15, -0.1) is 11.8 Å². The lowest BCUT2D eigenvalue weighted by Gasteiger charge is -2.11. The zero-order chi connectivity index (χ0) is 19.1. The number of methoxy groups -OCH3 is 1. The number of carbonyl (C=O) groups is 2. The number of non-ortho nitro benzene ring substituents is 1. The molecule has 0 aliphatic carbocycles. The molecule has 1 atom stereocenters. The van der Waals surface area contributed by atoms with Gasteiger partial charge in [0.05, 0.1) is 17.6 Å². The fourth-order valence-electron chi connectivity index (χ4n) is 2.03. The summed E-state index contributed by atoms with van der Waals surface area (Å²) in [6, 6.07) is 12.6. The largest absolute Gasteiger partial charge is 0.465 e. The van der Waals surface area contributed by atoms with Gasteiger partial charge in [-0.2, -0.15) is 0 Å². The molecule has 0 heterocycles. The third-order valence-corrected chi connectivity index (χ3v) is 4.54. The molecule has 8 heteroatoms. The summed E-state index contributed by atoms with van der Waals surface area (Å²) in [5.41, 5.74) is 1.17. The third-order valence-electron chi connectivity index (χ3n) is 3.45. The first kappa shape index (κ1) is 19.5. The standard InChI is InChI=1S/C18H17NO6S/c1-12(26-16-9-7-15(8-10-16)19(22)23)17(20)25-11-13-3-5-14(6-4-13)18(21)24-2/h3-10,12H,11H2,1-2H3/t12-/m0/s1. The number of carbonyl (C=O) groups excluding carboxylic acids is 2. The molecule has 2 rings (SSSR count). The first-order valence-corrected chi connectivity index (χ1v) is 8.53. The van der Waals surface area contributed by atoms with Crippen molar-refractivity contribution in [3.8, 4) is 0 Å². The molecular formula is C18H17NO6S. The molecule has 0 saturated carbocycles. The fourth-order valence-corrected chi connectivity index (χ4v) is 2.89. The normalized spacial score (nSPS) is 11.5. The van der Waals surface area contributed by atoms with Crippen molar-refractivity contribution in [3.63, 3.8) is 0 Å². The van der Waals surface area contributed by atoms with Gasteiger partial charge in [0.2, 0.25) is 0 Å². The monoisotopic (exact) mass is 375 g/mol. The molecular weight excluding hydrogens is 358 g/mol. The van der Waals surface area contributed by atoms with E-state index in [-0.39, 0.29) is 12.3 Å². The number of esters is 2. The average molecular weight is 375 g/mol. The van der Waals surface area contributed by atoms with E-state index in [2.05, 4.69) is 4.74 Å². The number of nitro benzene ring substituents is 1. The van der Waals surface area contributed by atoms with Crippen LogP contribution in [0.4, 0.5) is 5.69 Å². The molecule has 0 aliphatic rings. The Balaban J connectivity index is 1.86. The molecule has 7 nitrogen and oxygen atoms in total. The summed E-state index contributed by atoms with van der Waals surface area (Å²) in [4.78, 5) is 34.4. The highest BCUT2D eigenvalue weighted by molar-refractivity contribution is 8.00. The Labute approximate surface area is 154 Å². The second-order valence-corrected chi connectivity index (χ2v) is 6.72. The van der Waals surface area contributed by atoms with Gasteiger partial charge in [-0.25, -0.2) is 4.79 Å². The van der Waals surface area contributed by atoms with E-state index < -0.39 is 22.1 Å². The number of hydrogen-bond acceptors (Lipinski definition) is 7. The van der Waals surface area contributed by atoms with Crippen molar-refractivity contribution in [3.05, 3.63) is 69.8 Å². The molecule has 0 aliphatic heterocycles. The fraction of sp³-hybridized carbons (Fsp3) is 0.222. The predicted molar refractivity (Wildman–Crippen MR) is 96.0 cm³/mol. The Morgan fingerprint density at radius 2 is 1.73 bits per heavy atom. The molecule has 0 amide bonds. The molecule has 2 aromatic carbocycles. The molecule has 0 fully saturated rings. The number of rotatable bonds is 7. The molecule has 0 unspecified atom stereocenters. The minimum atomic E-state index is -0.475. The van der Waals surface area contributed by atoms with Crippen LogP contribution in [0.1, 0.15) is 22.8 Å². The van der Waals surface area contributed by atoms with E-state index in [4.69, 9.17) is 4.74 Å². The lowest BCUT2D eigenvalue weighted by Crippen LogP contribution is -2.16. The highest BCUT2D eigenvalue weighted by Crippen LogP contribution is 2.26. The van der Waals surface area contributed by atoms with Gasteiger partial charge in [-0.3, -0.25) is 14.9 Å². The Morgan fingerprint density at radius 3 is 2.27 bits per heavy atom. The SMILES string of the molecule is COC(=O)c1ccc(COC(=O)[C@H](C)Sc2ccc([N+](=O)[O-])cc2)cc1. The highest BCUT2D eigenvalue weighted by Gasteiger charge is 2.17. The molecule has 26 heavy (non-hydrogen) atoms. The number of thioether (sulfide) groups is 1. The number of nitro groups is 1. The van der Waals surface area contributed by atoms with E-state index in [1.165, 1.54) is 31.0 Å². The molecule has 2 aromatic rings.